The van der Waals surface area contributed by atoms with Gasteiger partial charge < -0.3 is 21.1 Å². The zero-order valence-electron chi connectivity index (χ0n) is 22.2. The summed E-state index contributed by atoms with van der Waals surface area (Å²) >= 11 is 0. The van der Waals surface area contributed by atoms with Gasteiger partial charge in [-0.25, -0.2) is 0 Å². The molecule has 0 saturated carbocycles. The van der Waals surface area contributed by atoms with Crippen LogP contribution in [0, 0.1) is 0 Å². The number of hydrogen-bond acceptors (Lipinski definition) is 6. The second-order valence-electron chi connectivity index (χ2n) is 9.13. The smallest absolute Gasteiger partial charge is 0.416 e. The lowest BCUT2D eigenvalue weighted by Gasteiger charge is -2.29. The molecule has 0 fully saturated rings. The molecule has 0 radical (unpaired) electrons. The number of benzene rings is 1. The molecule has 1 aliphatic heterocycles. The third-order valence-electron chi connectivity index (χ3n) is 6.30. The fraction of sp³-hybridized carbons (Fsp3) is 0.481. The highest BCUT2D eigenvalue weighted by Crippen LogP contribution is 2.33. The summed E-state index contributed by atoms with van der Waals surface area (Å²) < 4.78 is 39.1. The van der Waals surface area contributed by atoms with Crippen molar-refractivity contribution in [2.45, 2.75) is 39.8 Å². The van der Waals surface area contributed by atoms with Gasteiger partial charge in [0.05, 0.1) is 17.8 Å². The number of phenols is 1. The molecule has 10 heteroatoms. The summed E-state index contributed by atoms with van der Waals surface area (Å²) in [5.41, 5.74) is 8.80. The molecular weight excluding hydrogens is 483 g/mol. The number of carbonyl (C=O) groups is 1. The van der Waals surface area contributed by atoms with Crippen molar-refractivity contribution in [3.63, 3.8) is 0 Å². The molecule has 0 aromatic heterocycles. The number of amides is 1. The molecule has 204 valence electrons. The fourth-order valence-corrected chi connectivity index (χ4v) is 3.99. The van der Waals surface area contributed by atoms with Crippen LogP contribution >= 0.6 is 0 Å². The number of aromatic hydroxyl groups is 1. The minimum absolute atomic E-state index is 0.0168. The van der Waals surface area contributed by atoms with Gasteiger partial charge >= 0.3 is 6.18 Å². The Bertz CT molecular complexity index is 1090. The van der Waals surface area contributed by atoms with E-state index in [0.717, 1.165) is 42.4 Å². The number of nitrogens with zero attached hydrogens (tertiary/aromatic N) is 3. The largest absolute Gasteiger partial charge is 0.507 e. The zero-order chi connectivity index (χ0) is 27.8. The lowest BCUT2D eigenvalue weighted by molar-refractivity contribution is -0.137. The molecule has 4 N–H and O–H groups in total. The number of aliphatic imine (C=N–C) groups is 1. The Kier molecular flexibility index (Phi) is 10.9. The van der Waals surface area contributed by atoms with Crippen LogP contribution in [0.1, 0.15) is 44.7 Å². The number of alkyl halides is 3. The summed E-state index contributed by atoms with van der Waals surface area (Å²) in [6.45, 7) is 8.40. The van der Waals surface area contributed by atoms with Gasteiger partial charge in [0.25, 0.3) is 0 Å². The first-order valence-electron chi connectivity index (χ1n) is 12.3. The van der Waals surface area contributed by atoms with Gasteiger partial charge in [0.1, 0.15) is 5.75 Å². The maximum atomic E-state index is 13.0. The summed E-state index contributed by atoms with van der Waals surface area (Å²) in [6, 6.07) is 2.89. The molecule has 37 heavy (non-hydrogen) atoms. The van der Waals surface area contributed by atoms with E-state index in [-0.39, 0.29) is 11.5 Å². The van der Waals surface area contributed by atoms with Crippen molar-refractivity contribution in [1.29, 1.82) is 0 Å². The molecule has 0 unspecified atom stereocenters. The molecule has 1 aromatic rings. The van der Waals surface area contributed by atoms with E-state index in [1.165, 1.54) is 13.1 Å². The number of carbonyl (C=O) groups excluding carboxylic acids is 1. The van der Waals surface area contributed by atoms with Crippen LogP contribution in [0.5, 0.6) is 5.75 Å². The molecule has 1 aromatic carbocycles. The SMILES string of the molecule is CC/C(C)=C(/C=C(C)\C(=N/C)c1ccc(C(F)(F)F)cc1O)NC1=CCCN(CC(=O)N(C)CCN)C1. The average Bonchev–Trinajstić information content (AvgIpc) is 2.84. The van der Waals surface area contributed by atoms with Crippen molar-refractivity contribution in [2.24, 2.45) is 10.7 Å². The second-order valence-corrected chi connectivity index (χ2v) is 9.13. The van der Waals surface area contributed by atoms with E-state index < -0.39 is 17.5 Å². The quantitative estimate of drug-likeness (QED) is 0.319. The van der Waals surface area contributed by atoms with Crippen molar-refractivity contribution in [3.8, 4) is 5.75 Å². The molecule has 1 amide bonds. The van der Waals surface area contributed by atoms with Crippen molar-refractivity contribution in [3.05, 3.63) is 64.0 Å². The molecule has 2 rings (SSSR count). The van der Waals surface area contributed by atoms with E-state index >= 15 is 0 Å². The van der Waals surface area contributed by atoms with E-state index in [2.05, 4.69) is 21.3 Å². The number of phenolic OH excluding ortho intramolecular Hbond substituents is 1. The molecule has 0 spiro atoms. The highest BCUT2D eigenvalue weighted by atomic mass is 19.4. The van der Waals surface area contributed by atoms with Gasteiger partial charge in [-0.05, 0) is 56.5 Å². The summed E-state index contributed by atoms with van der Waals surface area (Å²) in [5.74, 6) is -0.466. The topological polar surface area (TPSA) is 94.2 Å². The van der Waals surface area contributed by atoms with Crippen LogP contribution in [0.25, 0.3) is 0 Å². The minimum atomic E-state index is -4.55. The van der Waals surface area contributed by atoms with Gasteiger partial charge in [0.2, 0.25) is 5.91 Å². The average molecular weight is 522 g/mol. The van der Waals surface area contributed by atoms with E-state index in [9.17, 15) is 23.1 Å². The zero-order valence-corrected chi connectivity index (χ0v) is 22.2. The number of likely N-dealkylation sites (N-methyl/N-ethyl adjacent to an activating group) is 1. The van der Waals surface area contributed by atoms with Crippen molar-refractivity contribution < 1.29 is 23.1 Å². The molecule has 0 atom stereocenters. The van der Waals surface area contributed by atoms with E-state index in [4.69, 9.17) is 5.73 Å². The van der Waals surface area contributed by atoms with E-state index in [1.54, 1.807) is 18.9 Å². The third-order valence-corrected chi connectivity index (χ3v) is 6.30. The van der Waals surface area contributed by atoms with Gasteiger partial charge in [-0.15, -0.1) is 0 Å². The number of rotatable bonds is 10. The van der Waals surface area contributed by atoms with Gasteiger partial charge in [-0.2, -0.15) is 13.2 Å². The molecule has 1 heterocycles. The Hall–Kier alpha value is -3.11. The maximum Gasteiger partial charge on any atom is 0.416 e. The van der Waals surface area contributed by atoms with Gasteiger partial charge in [0, 0.05) is 57.2 Å². The standard InChI is InChI=1S/C27H38F3N5O2/c1-6-18(2)23(33-21-8-7-12-35(16-21)17-25(37)34(5)13-11-31)14-19(3)26(32-4)22-10-9-20(15-24(22)36)27(28,29)30/h8-10,14-15,33,36H,6-7,11-13,16-17,31H2,1-5H3/b19-14-,23-18-,32-26+. The molecule has 0 saturated heterocycles. The van der Waals surface area contributed by atoms with Crippen LogP contribution in [-0.4, -0.2) is 73.3 Å². The van der Waals surface area contributed by atoms with Crippen LogP contribution in [0.15, 0.2) is 57.9 Å². The van der Waals surface area contributed by atoms with Crippen LogP contribution in [0.2, 0.25) is 0 Å². The molecule has 7 nitrogen and oxygen atoms in total. The summed E-state index contributed by atoms with van der Waals surface area (Å²) in [7, 11) is 3.28. The third kappa shape index (κ3) is 8.46. The van der Waals surface area contributed by atoms with Crippen LogP contribution in [-0.2, 0) is 11.0 Å². The lowest BCUT2D eigenvalue weighted by Crippen LogP contribution is -2.43. The van der Waals surface area contributed by atoms with Crippen molar-refractivity contribution in [2.75, 3.05) is 46.8 Å². The summed E-state index contributed by atoms with van der Waals surface area (Å²) in [4.78, 5) is 20.4. The van der Waals surface area contributed by atoms with Crippen LogP contribution in [0.3, 0.4) is 0 Å². The monoisotopic (exact) mass is 521 g/mol. The van der Waals surface area contributed by atoms with Crippen LogP contribution in [0.4, 0.5) is 13.2 Å². The molecule has 1 aliphatic rings. The number of allylic oxidation sites excluding steroid dienone is 3. The Morgan fingerprint density at radius 1 is 1.32 bits per heavy atom. The number of hydrogen-bond donors (Lipinski definition) is 3. The number of nitrogens with two attached hydrogens (primary N) is 1. The van der Waals surface area contributed by atoms with Gasteiger partial charge in [-0.3, -0.25) is 14.7 Å². The first-order valence-corrected chi connectivity index (χ1v) is 12.3. The van der Waals surface area contributed by atoms with Crippen LogP contribution < -0.4 is 11.1 Å². The van der Waals surface area contributed by atoms with E-state index in [1.807, 2.05) is 19.9 Å². The predicted octanol–water partition coefficient (Wildman–Crippen LogP) is 4.06. The molecule has 0 aliphatic carbocycles. The second kappa shape index (κ2) is 13.4. The predicted molar refractivity (Wildman–Crippen MR) is 141 cm³/mol. The van der Waals surface area contributed by atoms with Gasteiger partial charge in [-0.1, -0.05) is 18.6 Å². The van der Waals surface area contributed by atoms with Crippen molar-refractivity contribution in [1.82, 2.24) is 15.1 Å². The Labute approximate surface area is 217 Å². The molecular formula is C27H38F3N5O2. The maximum absolute atomic E-state index is 13.0. The fourth-order valence-electron chi connectivity index (χ4n) is 3.99. The Balaban J connectivity index is 2.25. The normalized spacial score (nSPS) is 16.3. The summed E-state index contributed by atoms with van der Waals surface area (Å²) in [5, 5.41) is 13.8. The van der Waals surface area contributed by atoms with E-state index in [0.29, 0.717) is 43.5 Å². The first-order chi connectivity index (χ1) is 17.4. The summed E-state index contributed by atoms with van der Waals surface area (Å²) in [6.07, 6.45) is 1.01. The van der Waals surface area contributed by atoms with Crippen molar-refractivity contribution >= 4 is 11.6 Å². The highest BCUT2D eigenvalue weighted by Gasteiger charge is 2.31. The molecule has 0 bridgehead atoms. The highest BCUT2D eigenvalue weighted by molar-refractivity contribution is 6.14. The number of nitrogens with one attached hydrogen (secondary N) is 1. The Morgan fingerprint density at radius 3 is 2.59 bits per heavy atom. The number of halogens is 3. The van der Waals surface area contributed by atoms with Gasteiger partial charge in [0.15, 0.2) is 0 Å². The minimum Gasteiger partial charge on any atom is -0.507 e. The lowest BCUT2D eigenvalue weighted by atomic mass is 9.98. The Morgan fingerprint density at radius 2 is 2.03 bits per heavy atom. The first kappa shape index (κ1) is 30.1.